The zero-order valence-corrected chi connectivity index (χ0v) is 17.9. The summed E-state index contributed by atoms with van der Waals surface area (Å²) in [6.07, 6.45) is 3.26. The average Bonchev–Trinajstić information content (AvgIpc) is 3.29. The number of nitrogens with zero attached hydrogens (tertiary/aromatic N) is 1. The van der Waals surface area contributed by atoms with E-state index in [9.17, 15) is 14.4 Å². The second-order valence-electron chi connectivity index (χ2n) is 7.55. The Morgan fingerprint density at radius 2 is 1.63 bits per heavy atom. The van der Waals surface area contributed by atoms with E-state index in [1.807, 2.05) is 24.3 Å². The van der Waals surface area contributed by atoms with Gasteiger partial charge < -0.3 is 15.4 Å². The van der Waals surface area contributed by atoms with Crippen LogP contribution in [0.15, 0.2) is 53.0 Å². The molecule has 1 aliphatic carbocycles. The Morgan fingerprint density at radius 1 is 1.03 bits per heavy atom. The van der Waals surface area contributed by atoms with Crippen molar-refractivity contribution in [3.63, 3.8) is 0 Å². The monoisotopic (exact) mass is 471 g/mol. The lowest BCUT2D eigenvalue weighted by atomic mass is 9.98. The number of halogens is 1. The summed E-state index contributed by atoms with van der Waals surface area (Å²) >= 11 is 3.38. The van der Waals surface area contributed by atoms with Crippen LogP contribution in [0.25, 0.3) is 0 Å². The summed E-state index contributed by atoms with van der Waals surface area (Å²) in [4.78, 5) is 38.2. The maximum Gasteiger partial charge on any atom is 0.325 e. The normalized spacial score (nSPS) is 17.3. The summed E-state index contributed by atoms with van der Waals surface area (Å²) in [6, 6.07) is 14.1. The summed E-state index contributed by atoms with van der Waals surface area (Å²) in [5, 5.41) is 5.61. The number of ether oxygens (including phenoxy) is 1. The maximum atomic E-state index is 12.6. The maximum absolute atomic E-state index is 12.6. The Balaban J connectivity index is 1.28. The van der Waals surface area contributed by atoms with E-state index in [-0.39, 0.29) is 24.8 Å². The Hall–Kier alpha value is -2.87. The highest BCUT2D eigenvalue weighted by molar-refractivity contribution is 9.10. The summed E-state index contributed by atoms with van der Waals surface area (Å²) in [5.41, 5.74) is -0.120. The van der Waals surface area contributed by atoms with Crippen LogP contribution in [0.3, 0.4) is 0 Å². The lowest BCUT2D eigenvalue weighted by Crippen LogP contribution is -2.44. The molecule has 1 aliphatic heterocycles. The van der Waals surface area contributed by atoms with Crippen LogP contribution in [0.1, 0.15) is 32.1 Å². The molecule has 1 spiro atoms. The Kier molecular flexibility index (Phi) is 5.76. The van der Waals surface area contributed by atoms with Gasteiger partial charge >= 0.3 is 6.03 Å². The third-order valence-corrected chi connectivity index (χ3v) is 5.98. The first kappa shape index (κ1) is 20.4. The predicted molar refractivity (Wildman–Crippen MR) is 115 cm³/mol. The molecule has 0 radical (unpaired) electrons. The highest BCUT2D eigenvalue weighted by atomic mass is 79.9. The molecule has 2 aromatic carbocycles. The predicted octanol–water partition coefficient (Wildman–Crippen LogP) is 4.43. The van der Waals surface area contributed by atoms with E-state index in [0.717, 1.165) is 17.3 Å². The van der Waals surface area contributed by atoms with Crippen molar-refractivity contribution < 1.29 is 19.1 Å². The van der Waals surface area contributed by atoms with Gasteiger partial charge in [0.15, 0.2) is 0 Å². The number of carbonyl (C=O) groups excluding carboxylic acids is 3. The molecule has 0 bridgehead atoms. The van der Waals surface area contributed by atoms with Gasteiger partial charge in [-0.3, -0.25) is 14.5 Å². The van der Waals surface area contributed by atoms with Crippen molar-refractivity contribution in [1.82, 2.24) is 10.2 Å². The molecule has 30 heavy (non-hydrogen) atoms. The molecule has 1 heterocycles. The van der Waals surface area contributed by atoms with Crippen molar-refractivity contribution in [3.8, 4) is 11.5 Å². The van der Waals surface area contributed by atoms with Crippen molar-refractivity contribution in [3.05, 3.63) is 53.0 Å². The largest absolute Gasteiger partial charge is 0.457 e. The number of carbonyl (C=O) groups is 3. The van der Waals surface area contributed by atoms with E-state index < -0.39 is 11.6 Å². The van der Waals surface area contributed by atoms with E-state index >= 15 is 0 Å². The SMILES string of the molecule is O=C(CCN1C(=O)NC2(CCCC2)C1=O)Nc1ccc(Oc2ccc(Br)cc2)cc1. The fourth-order valence-corrected chi connectivity index (χ4v) is 4.14. The first-order chi connectivity index (χ1) is 14.4. The van der Waals surface area contributed by atoms with Gasteiger partial charge in [-0.15, -0.1) is 0 Å². The fourth-order valence-electron chi connectivity index (χ4n) is 3.88. The highest BCUT2D eigenvalue weighted by Crippen LogP contribution is 2.35. The number of imide groups is 1. The number of amides is 4. The van der Waals surface area contributed by atoms with Crippen LogP contribution < -0.4 is 15.4 Å². The lowest BCUT2D eigenvalue weighted by molar-refractivity contribution is -0.131. The molecule has 156 valence electrons. The van der Waals surface area contributed by atoms with Gasteiger partial charge in [0.05, 0.1) is 0 Å². The van der Waals surface area contributed by atoms with Gasteiger partial charge in [-0.25, -0.2) is 4.79 Å². The topological polar surface area (TPSA) is 87.7 Å². The highest BCUT2D eigenvalue weighted by Gasteiger charge is 2.52. The molecule has 2 aliphatic rings. The molecule has 2 fully saturated rings. The molecule has 1 saturated heterocycles. The van der Waals surface area contributed by atoms with Crippen molar-refractivity contribution in [2.45, 2.75) is 37.6 Å². The van der Waals surface area contributed by atoms with Crippen LogP contribution in [-0.2, 0) is 9.59 Å². The standard InChI is InChI=1S/C22H22BrN3O4/c23-15-3-7-17(8-4-15)30-18-9-5-16(6-10-18)24-19(27)11-14-26-20(28)22(25-21(26)29)12-1-2-13-22/h3-10H,1-2,11-14H2,(H,24,27)(H,25,29). The average molecular weight is 472 g/mol. The van der Waals surface area contributed by atoms with Crippen molar-refractivity contribution in [2.24, 2.45) is 0 Å². The second-order valence-corrected chi connectivity index (χ2v) is 8.47. The number of hydrogen-bond donors (Lipinski definition) is 2. The van der Waals surface area contributed by atoms with Crippen LogP contribution >= 0.6 is 15.9 Å². The number of urea groups is 1. The van der Waals surface area contributed by atoms with Gasteiger partial charge in [-0.1, -0.05) is 28.8 Å². The van der Waals surface area contributed by atoms with Crippen molar-refractivity contribution in [1.29, 1.82) is 0 Å². The van der Waals surface area contributed by atoms with E-state index in [4.69, 9.17) is 4.74 Å². The number of anilines is 1. The van der Waals surface area contributed by atoms with Crippen LogP contribution in [0.4, 0.5) is 10.5 Å². The quantitative estimate of drug-likeness (QED) is 0.609. The molecular formula is C22H22BrN3O4. The molecule has 0 atom stereocenters. The van der Waals surface area contributed by atoms with Crippen LogP contribution in [0.5, 0.6) is 11.5 Å². The summed E-state index contributed by atoms with van der Waals surface area (Å²) in [5.74, 6) is 0.900. The Bertz CT molecular complexity index is 953. The molecule has 2 N–H and O–H groups in total. The minimum absolute atomic E-state index is 0.0480. The van der Waals surface area contributed by atoms with E-state index in [2.05, 4.69) is 26.6 Å². The third-order valence-electron chi connectivity index (χ3n) is 5.45. The Morgan fingerprint density at radius 3 is 2.27 bits per heavy atom. The van der Waals surface area contributed by atoms with E-state index in [1.54, 1.807) is 24.3 Å². The smallest absolute Gasteiger partial charge is 0.325 e. The number of nitrogens with one attached hydrogen (secondary N) is 2. The van der Waals surface area contributed by atoms with Crippen molar-refractivity contribution in [2.75, 3.05) is 11.9 Å². The minimum atomic E-state index is -0.738. The molecule has 4 rings (SSSR count). The zero-order valence-electron chi connectivity index (χ0n) is 16.3. The van der Waals surface area contributed by atoms with Crippen LogP contribution in [0.2, 0.25) is 0 Å². The third kappa shape index (κ3) is 4.33. The van der Waals surface area contributed by atoms with E-state index in [0.29, 0.717) is 30.0 Å². The fraction of sp³-hybridized carbons (Fsp3) is 0.318. The summed E-state index contributed by atoms with van der Waals surface area (Å²) in [6.45, 7) is 0.0724. The molecular weight excluding hydrogens is 450 g/mol. The van der Waals surface area contributed by atoms with Gasteiger partial charge in [-0.05, 0) is 61.4 Å². The first-order valence-corrected chi connectivity index (χ1v) is 10.7. The molecule has 0 aromatic heterocycles. The number of hydrogen-bond acceptors (Lipinski definition) is 4. The number of benzene rings is 2. The molecule has 2 aromatic rings. The summed E-state index contributed by atoms with van der Waals surface area (Å²) in [7, 11) is 0. The summed E-state index contributed by atoms with van der Waals surface area (Å²) < 4.78 is 6.73. The Labute approximate surface area is 182 Å². The van der Waals surface area contributed by atoms with Gasteiger partial charge in [0.2, 0.25) is 5.91 Å². The molecule has 8 heteroatoms. The van der Waals surface area contributed by atoms with Gasteiger partial charge in [-0.2, -0.15) is 0 Å². The van der Waals surface area contributed by atoms with Crippen LogP contribution in [0, 0.1) is 0 Å². The molecule has 7 nitrogen and oxygen atoms in total. The van der Waals surface area contributed by atoms with Gasteiger partial charge in [0.25, 0.3) is 5.91 Å². The van der Waals surface area contributed by atoms with Crippen LogP contribution in [-0.4, -0.2) is 34.8 Å². The van der Waals surface area contributed by atoms with Crippen molar-refractivity contribution >= 4 is 39.5 Å². The molecule has 4 amide bonds. The zero-order chi connectivity index (χ0) is 21.1. The first-order valence-electron chi connectivity index (χ1n) is 9.93. The number of rotatable bonds is 6. The molecule has 0 unspecified atom stereocenters. The van der Waals surface area contributed by atoms with Gasteiger partial charge in [0.1, 0.15) is 17.0 Å². The second kappa shape index (κ2) is 8.47. The minimum Gasteiger partial charge on any atom is -0.457 e. The molecule has 1 saturated carbocycles. The van der Waals surface area contributed by atoms with E-state index in [1.165, 1.54) is 4.90 Å². The van der Waals surface area contributed by atoms with Gasteiger partial charge in [0, 0.05) is 23.1 Å². The lowest BCUT2D eigenvalue weighted by Gasteiger charge is -2.19.